The van der Waals surface area contributed by atoms with Crippen LogP contribution in [0.4, 0.5) is 5.69 Å². The normalized spacial score (nSPS) is 10.2. The molecule has 5 nitrogen and oxygen atoms in total. The monoisotopic (exact) mass is 177 g/mol. The maximum Gasteiger partial charge on any atom is 0.211 e. The topological polar surface area (TPSA) is 103 Å². The van der Waals surface area contributed by atoms with Crippen LogP contribution in [0, 0.1) is 0 Å². The molecule has 0 aliphatic rings. The average molecular weight is 177 g/mol. The van der Waals surface area contributed by atoms with Gasteiger partial charge in [-0.25, -0.2) is 0 Å². The third-order valence-electron chi connectivity index (χ3n) is 1.37. The summed E-state index contributed by atoms with van der Waals surface area (Å²) in [5.74, 6) is -0.0780. The van der Waals surface area contributed by atoms with Gasteiger partial charge in [0.15, 0.2) is 0 Å². The zero-order valence-electron chi connectivity index (χ0n) is 7.01. The molecule has 0 fully saturated rings. The summed E-state index contributed by atoms with van der Waals surface area (Å²) in [6.07, 6.45) is 1.50. The maximum absolute atomic E-state index is 5.64. The van der Waals surface area contributed by atoms with E-state index < -0.39 is 0 Å². The van der Waals surface area contributed by atoms with E-state index in [9.17, 15) is 0 Å². The second kappa shape index (κ2) is 4.10. The number of hydrogen-bond acceptors (Lipinski definition) is 3. The quantitative estimate of drug-likeness (QED) is 0.254. The number of nitrogen functional groups attached to an aromatic ring is 1. The molecule has 0 saturated heterocycles. The molecule has 1 aromatic carbocycles. The summed E-state index contributed by atoms with van der Waals surface area (Å²) in [6, 6.07) is 7.29. The third-order valence-corrected chi connectivity index (χ3v) is 1.37. The molecule has 1 aromatic rings. The second-order valence-corrected chi connectivity index (χ2v) is 2.40. The van der Waals surface area contributed by atoms with Crippen LogP contribution in [-0.4, -0.2) is 12.2 Å². The summed E-state index contributed by atoms with van der Waals surface area (Å²) < 4.78 is 0. The number of para-hydroxylation sites is 1. The maximum atomic E-state index is 5.64. The highest BCUT2D eigenvalue weighted by Gasteiger charge is 1.91. The molecule has 0 saturated carbocycles. The molecular formula is C8H11N5. The SMILES string of the molecule is NC(N)=NN=Cc1ccccc1N. The van der Waals surface area contributed by atoms with Crippen molar-refractivity contribution >= 4 is 17.9 Å². The molecule has 0 atom stereocenters. The number of rotatable bonds is 2. The van der Waals surface area contributed by atoms with Crippen LogP contribution in [0.2, 0.25) is 0 Å². The third kappa shape index (κ3) is 2.82. The van der Waals surface area contributed by atoms with E-state index in [0.717, 1.165) is 5.56 Å². The largest absolute Gasteiger partial charge is 0.398 e. The number of nitrogens with two attached hydrogens (primary N) is 3. The van der Waals surface area contributed by atoms with Gasteiger partial charge in [0.25, 0.3) is 0 Å². The van der Waals surface area contributed by atoms with Crippen molar-refractivity contribution in [1.82, 2.24) is 0 Å². The second-order valence-electron chi connectivity index (χ2n) is 2.40. The first-order valence-corrected chi connectivity index (χ1v) is 3.66. The number of anilines is 1. The molecule has 0 unspecified atom stereocenters. The number of guanidine groups is 1. The van der Waals surface area contributed by atoms with Gasteiger partial charge in [-0.2, -0.15) is 5.10 Å². The van der Waals surface area contributed by atoms with Gasteiger partial charge in [0.2, 0.25) is 5.96 Å². The predicted octanol–water partition coefficient (Wildman–Crippen LogP) is -0.124. The average Bonchev–Trinajstić information content (AvgIpc) is 2.08. The lowest BCUT2D eigenvalue weighted by molar-refractivity contribution is 1.21. The van der Waals surface area contributed by atoms with Gasteiger partial charge >= 0.3 is 0 Å². The lowest BCUT2D eigenvalue weighted by atomic mass is 10.2. The molecule has 0 heterocycles. The van der Waals surface area contributed by atoms with Crippen molar-refractivity contribution in [1.29, 1.82) is 0 Å². The first-order chi connectivity index (χ1) is 6.20. The van der Waals surface area contributed by atoms with E-state index in [2.05, 4.69) is 10.2 Å². The molecule has 0 aliphatic carbocycles. The zero-order chi connectivity index (χ0) is 9.68. The Labute approximate surface area is 75.9 Å². The Morgan fingerprint density at radius 3 is 2.54 bits per heavy atom. The van der Waals surface area contributed by atoms with Crippen LogP contribution in [0.1, 0.15) is 5.56 Å². The molecule has 6 N–H and O–H groups in total. The van der Waals surface area contributed by atoms with Crippen molar-refractivity contribution < 1.29 is 0 Å². The van der Waals surface area contributed by atoms with Crippen molar-refractivity contribution in [2.45, 2.75) is 0 Å². The molecular weight excluding hydrogens is 166 g/mol. The summed E-state index contributed by atoms with van der Waals surface area (Å²) >= 11 is 0. The van der Waals surface area contributed by atoms with Gasteiger partial charge in [-0.05, 0) is 6.07 Å². The molecule has 0 aromatic heterocycles. The van der Waals surface area contributed by atoms with Crippen LogP contribution in [0.3, 0.4) is 0 Å². The van der Waals surface area contributed by atoms with E-state index in [1.807, 2.05) is 18.2 Å². The van der Waals surface area contributed by atoms with Gasteiger partial charge in [-0.3, -0.25) is 0 Å². The van der Waals surface area contributed by atoms with Gasteiger partial charge < -0.3 is 17.2 Å². The van der Waals surface area contributed by atoms with E-state index in [1.54, 1.807) is 6.07 Å². The lowest BCUT2D eigenvalue weighted by Crippen LogP contribution is -2.21. The van der Waals surface area contributed by atoms with E-state index in [-0.39, 0.29) is 5.96 Å². The molecule has 68 valence electrons. The number of hydrogen-bond donors (Lipinski definition) is 3. The van der Waals surface area contributed by atoms with Gasteiger partial charge in [0.05, 0.1) is 6.21 Å². The van der Waals surface area contributed by atoms with Crippen LogP contribution in [0.15, 0.2) is 34.5 Å². The van der Waals surface area contributed by atoms with Crippen LogP contribution in [-0.2, 0) is 0 Å². The summed E-state index contributed by atoms with van der Waals surface area (Å²) in [4.78, 5) is 0. The molecule has 0 radical (unpaired) electrons. The first kappa shape index (κ1) is 9.05. The van der Waals surface area contributed by atoms with Crippen molar-refractivity contribution in [2.24, 2.45) is 21.7 Å². The number of nitrogens with zero attached hydrogens (tertiary/aromatic N) is 2. The zero-order valence-corrected chi connectivity index (χ0v) is 7.01. The summed E-state index contributed by atoms with van der Waals surface area (Å²) in [5, 5.41) is 7.08. The summed E-state index contributed by atoms with van der Waals surface area (Å²) in [6.45, 7) is 0. The minimum absolute atomic E-state index is 0.0780. The molecule has 0 bridgehead atoms. The van der Waals surface area contributed by atoms with Gasteiger partial charge in [0, 0.05) is 11.3 Å². The fourth-order valence-corrected chi connectivity index (χ4v) is 0.786. The molecule has 13 heavy (non-hydrogen) atoms. The standard InChI is InChI=1S/C8H11N5/c9-7-4-2-1-3-6(7)5-12-13-8(10)11/h1-5H,9H2,(H4,10,11,13). The van der Waals surface area contributed by atoms with Crippen molar-refractivity contribution in [3.63, 3.8) is 0 Å². The lowest BCUT2D eigenvalue weighted by Gasteiger charge is -1.95. The Morgan fingerprint density at radius 2 is 1.92 bits per heavy atom. The predicted molar refractivity (Wildman–Crippen MR) is 54.3 cm³/mol. The van der Waals surface area contributed by atoms with Crippen molar-refractivity contribution in [3.8, 4) is 0 Å². The van der Waals surface area contributed by atoms with E-state index in [1.165, 1.54) is 6.21 Å². The smallest absolute Gasteiger partial charge is 0.211 e. The van der Waals surface area contributed by atoms with Gasteiger partial charge in [-0.1, -0.05) is 18.2 Å². The van der Waals surface area contributed by atoms with Crippen LogP contribution in [0.5, 0.6) is 0 Å². The Hall–Kier alpha value is -2.04. The fraction of sp³-hybridized carbons (Fsp3) is 0. The van der Waals surface area contributed by atoms with E-state index in [0.29, 0.717) is 5.69 Å². The van der Waals surface area contributed by atoms with Crippen LogP contribution >= 0.6 is 0 Å². The highest BCUT2D eigenvalue weighted by Crippen LogP contribution is 2.06. The van der Waals surface area contributed by atoms with E-state index >= 15 is 0 Å². The van der Waals surface area contributed by atoms with E-state index in [4.69, 9.17) is 17.2 Å². The Bertz CT molecular complexity index is 338. The first-order valence-electron chi connectivity index (χ1n) is 3.66. The minimum Gasteiger partial charge on any atom is -0.398 e. The Kier molecular flexibility index (Phi) is 2.86. The number of benzene rings is 1. The van der Waals surface area contributed by atoms with Crippen molar-refractivity contribution in [2.75, 3.05) is 5.73 Å². The highest BCUT2D eigenvalue weighted by molar-refractivity contribution is 5.87. The molecule has 0 aliphatic heterocycles. The van der Waals surface area contributed by atoms with Crippen LogP contribution < -0.4 is 17.2 Å². The van der Waals surface area contributed by atoms with Gasteiger partial charge in [-0.15, -0.1) is 5.10 Å². The molecule has 0 amide bonds. The Morgan fingerprint density at radius 1 is 1.23 bits per heavy atom. The molecule has 1 rings (SSSR count). The Balaban J connectivity index is 2.80. The highest BCUT2D eigenvalue weighted by atomic mass is 15.3. The molecule has 0 spiro atoms. The summed E-state index contributed by atoms with van der Waals surface area (Å²) in [5.41, 5.74) is 17.2. The molecule has 5 heteroatoms. The minimum atomic E-state index is -0.0780. The fourth-order valence-electron chi connectivity index (χ4n) is 0.786. The van der Waals surface area contributed by atoms with Gasteiger partial charge in [0.1, 0.15) is 0 Å². The van der Waals surface area contributed by atoms with Crippen LogP contribution in [0.25, 0.3) is 0 Å². The summed E-state index contributed by atoms with van der Waals surface area (Å²) in [7, 11) is 0. The van der Waals surface area contributed by atoms with Crippen molar-refractivity contribution in [3.05, 3.63) is 29.8 Å².